The smallest absolute Gasteiger partial charge is 0.170 e. The summed E-state index contributed by atoms with van der Waals surface area (Å²) in [5.74, 6) is 2.39. The van der Waals surface area contributed by atoms with E-state index in [0.29, 0.717) is 16.7 Å². The van der Waals surface area contributed by atoms with E-state index in [0.717, 1.165) is 34.1 Å². The number of aryl methyl sites for hydroxylation is 1. The number of hydrogen-bond acceptors (Lipinski definition) is 4. The van der Waals surface area contributed by atoms with Crippen LogP contribution in [-0.4, -0.2) is 15.0 Å². The van der Waals surface area contributed by atoms with Crippen molar-refractivity contribution in [3.63, 3.8) is 0 Å². The Kier molecular flexibility index (Phi) is 5.26. The second-order valence-corrected chi connectivity index (χ2v) is 8.32. The number of thiocarbonyl (C=S) groups is 1. The Morgan fingerprint density at radius 1 is 1.13 bits per heavy atom. The van der Waals surface area contributed by atoms with Crippen LogP contribution in [0.5, 0.6) is 0 Å². The number of aromatic nitrogens is 1. The zero-order valence-corrected chi connectivity index (χ0v) is 18.4. The summed E-state index contributed by atoms with van der Waals surface area (Å²) in [5.41, 5.74) is 2.96. The molecule has 7 heteroatoms. The quantitative estimate of drug-likeness (QED) is 0.373. The molecule has 1 saturated heterocycles. The van der Waals surface area contributed by atoms with Crippen molar-refractivity contribution in [1.82, 2.24) is 15.2 Å². The van der Waals surface area contributed by atoms with Gasteiger partial charge in [0.15, 0.2) is 5.11 Å². The molecule has 1 aliphatic heterocycles. The van der Waals surface area contributed by atoms with Gasteiger partial charge < -0.3 is 19.1 Å². The molecule has 1 aliphatic rings. The fraction of sp³-hybridized carbons (Fsp3) is 0.167. The van der Waals surface area contributed by atoms with Gasteiger partial charge in [0, 0.05) is 16.8 Å². The van der Waals surface area contributed by atoms with E-state index in [9.17, 15) is 0 Å². The van der Waals surface area contributed by atoms with Crippen LogP contribution in [0.2, 0.25) is 5.02 Å². The van der Waals surface area contributed by atoms with Crippen LogP contribution < -0.4 is 5.32 Å². The largest absolute Gasteiger partial charge is 0.467 e. The van der Waals surface area contributed by atoms with Crippen LogP contribution in [0.15, 0.2) is 82.0 Å². The summed E-state index contributed by atoms with van der Waals surface area (Å²) >= 11 is 11.9. The first-order valence-electron chi connectivity index (χ1n) is 9.97. The van der Waals surface area contributed by atoms with Crippen LogP contribution >= 0.6 is 23.8 Å². The Morgan fingerprint density at radius 2 is 2.03 bits per heavy atom. The highest BCUT2D eigenvalue weighted by Crippen LogP contribution is 2.41. The van der Waals surface area contributed by atoms with Gasteiger partial charge in [-0.25, -0.2) is 0 Å². The monoisotopic (exact) mass is 449 g/mol. The summed E-state index contributed by atoms with van der Waals surface area (Å²) in [7, 11) is 0. The first kappa shape index (κ1) is 19.8. The average molecular weight is 450 g/mol. The molecule has 0 spiro atoms. The SMILES string of the molecule is Cc1ccc(Cl)cc1-c1ccc([C@H]2[C@@H](c3ccccn3)NC(=S)N2Cc2ccco2)o1. The summed E-state index contributed by atoms with van der Waals surface area (Å²) in [6.45, 7) is 2.57. The number of halogens is 1. The third-order valence-corrected chi connectivity index (χ3v) is 6.07. The zero-order chi connectivity index (χ0) is 21.4. The van der Waals surface area contributed by atoms with Crippen molar-refractivity contribution in [1.29, 1.82) is 0 Å². The molecule has 1 N–H and O–H groups in total. The Balaban J connectivity index is 1.56. The van der Waals surface area contributed by atoms with Gasteiger partial charge in [0.2, 0.25) is 0 Å². The van der Waals surface area contributed by atoms with E-state index < -0.39 is 0 Å². The predicted octanol–water partition coefficient (Wildman–Crippen LogP) is 6.07. The molecule has 5 rings (SSSR count). The lowest BCUT2D eigenvalue weighted by Gasteiger charge is -2.25. The lowest BCUT2D eigenvalue weighted by Crippen LogP contribution is -2.28. The predicted molar refractivity (Wildman–Crippen MR) is 124 cm³/mol. The maximum absolute atomic E-state index is 6.38. The topological polar surface area (TPSA) is 54.4 Å². The van der Waals surface area contributed by atoms with Crippen molar-refractivity contribution >= 4 is 28.9 Å². The average Bonchev–Trinajstić information content (AvgIpc) is 3.52. The molecule has 0 saturated carbocycles. The van der Waals surface area contributed by atoms with E-state index in [-0.39, 0.29) is 12.1 Å². The van der Waals surface area contributed by atoms with E-state index in [1.807, 2.05) is 67.6 Å². The molecule has 0 radical (unpaired) electrons. The zero-order valence-electron chi connectivity index (χ0n) is 16.8. The van der Waals surface area contributed by atoms with Crippen LogP contribution in [0.1, 0.15) is 34.9 Å². The van der Waals surface area contributed by atoms with Crippen molar-refractivity contribution in [2.75, 3.05) is 0 Å². The third kappa shape index (κ3) is 3.84. The number of pyridine rings is 1. The molecule has 3 aromatic heterocycles. The molecule has 0 bridgehead atoms. The fourth-order valence-electron chi connectivity index (χ4n) is 3.97. The van der Waals surface area contributed by atoms with E-state index >= 15 is 0 Å². The van der Waals surface area contributed by atoms with Gasteiger partial charge in [0.25, 0.3) is 0 Å². The number of hydrogen-bond donors (Lipinski definition) is 1. The molecule has 31 heavy (non-hydrogen) atoms. The van der Waals surface area contributed by atoms with Crippen LogP contribution in [-0.2, 0) is 6.54 Å². The van der Waals surface area contributed by atoms with Gasteiger partial charge in [-0.2, -0.15) is 0 Å². The minimum atomic E-state index is -0.180. The van der Waals surface area contributed by atoms with E-state index in [1.54, 1.807) is 12.5 Å². The molecule has 2 atom stereocenters. The van der Waals surface area contributed by atoms with Gasteiger partial charge in [0.05, 0.1) is 24.5 Å². The Hall–Kier alpha value is -3.09. The summed E-state index contributed by atoms with van der Waals surface area (Å²) in [6, 6.07) is 19.1. The van der Waals surface area contributed by atoms with Crippen LogP contribution in [0.4, 0.5) is 0 Å². The standard InChI is InChI=1S/C24H20ClN3O2S/c1-15-7-8-16(25)13-18(15)20-9-10-21(30-20)23-22(19-6-2-3-11-26-19)27-24(31)28(23)14-17-5-4-12-29-17/h2-13,22-23H,14H2,1H3,(H,27,31)/t22-,23+/m1/s1. The van der Waals surface area contributed by atoms with Gasteiger partial charge in [-0.15, -0.1) is 0 Å². The molecule has 0 aliphatic carbocycles. The van der Waals surface area contributed by atoms with Gasteiger partial charge in [-0.1, -0.05) is 23.7 Å². The van der Waals surface area contributed by atoms with E-state index in [1.165, 1.54) is 0 Å². The van der Waals surface area contributed by atoms with E-state index in [2.05, 4.69) is 15.2 Å². The maximum atomic E-state index is 6.38. The molecule has 1 fully saturated rings. The highest BCUT2D eigenvalue weighted by molar-refractivity contribution is 7.80. The van der Waals surface area contributed by atoms with Crippen molar-refractivity contribution in [3.05, 3.63) is 101 Å². The second-order valence-electron chi connectivity index (χ2n) is 7.50. The molecule has 0 unspecified atom stereocenters. The van der Waals surface area contributed by atoms with E-state index in [4.69, 9.17) is 32.7 Å². The second kappa shape index (κ2) is 8.21. The van der Waals surface area contributed by atoms with Gasteiger partial charge in [-0.3, -0.25) is 4.98 Å². The summed E-state index contributed by atoms with van der Waals surface area (Å²) in [4.78, 5) is 6.65. The molecule has 0 amide bonds. The van der Waals surface area contributed by atoms with Crippen LogP contribution in [0, 0.1) is 6.92 Å². The minimum Gasteiger partial charge on any atom is -0.467 e. The maximum Gasteiger partial charge on any atom is 0.170 e. The third-order valence-electron chi connectivity index (χ3n) is 5.49. The molecular weight excluding hydrogens is 430 g/mol. The van der Waals surface area contributed by atoms with Crippen molar-refractivity contribution < 1.29 is 8.83 Å². The highest BCUT2D eigenvalue weighted by atomic mass is 35.5. The van der Waals surface area contributed by atoms with Gasteiger partial charge in [-0.05, 0) is 73.2 Å². The van der Waals surface area contributed by atoms with Gasteiger partial charge >= 0.3 is 0 Å². The molecule has 5 nitrogen and oxygen atoms in total. The molecule has 1 aromatic carbocycles. The Bertz CT molecular complexity index is 1210. The number of nitrogens with one attached hydrogen (secondary N) is 1. The molecule has 156 valence electrons. The number of benzene rings is 1. The molecule has 4 heterocycles. The van der Waals surface area contributed by atoms with Crippen molar-refractivity contribution in [2.24, 2.45) is 0 Å². The lowest BCUT2D eigenvalue weighted by molar-refractivity contribution is 0.253. The number of rotatable bonds is 5. The normalized spacial score (nSPS) is 18.4. The molecule has 4 aromatic rings. The summed E-state index contributed by atoms with van der Waals surface area (Å²) < 4.78 is 12.0. The first-order valence-corrected chi connectivity index (χ1v) is 10.8. The minimum absolute atomic E-state index is 0.150. The van der Waals surface area contributed by atoms with Crippen molar-refractivity contribution in [3.8, 4) is 11.3 Å². The van der Waals surface area contributed by atoms with Crippen molar-refractivity contribution in [2.45, 2.75) is 25.6 Å². The van der Waals surface area contributed by atoms with Gasteiger partial charge in [0.1, 0.15) is 23.3 Å². The number of nitrogens with zero attached hydrogens (tertiary/aromatic N) is 2. The Labute approximate surface area is 190 Å². The summed E-state index contributed by atoms with van der Waals surface area (Å²) in [5, 5.41) is 4.73. The Morgan fingerprint density at radius 3 is 2.81 bits per heavy atom. The highest BCUT2D eigenvalue weighted by Gasteiger charge is 2.42. The summed E-state index contributed by atoms with van der Waals surface area (Å²) in [6.07, 6.45) is 3.45. The first-order chi connectivity index (χ1) is 15.1. The van der Waals surface area contributed by atoms with Crippen LogP contribution in [0.25, 0.3) is 11.3 Å². The lowest BCUT2D eigenvalue weighted by atomic mass is 10.0. The van der Waals surface area contributed by atoms with Crippen LogP contribution in [0.3, 0.4) is 0 Å². The fourth-order valence-corrected chi connectivity index (χ4v) is 4.45. The molecular formula is C24H20ClN3O2S. The number of furan rings is 2.